The van der Waals surface area contributed by atoms with Crippen LogP contribution in [0.1, 0.15) is 20.3 Å². The van der Waals surface area contributed by atoms with Crippen LogP contribution in [-0.4, -0.2) is 47.9 Å². The Hall–Kier alpha value is -1.69. The highest BCUT2D eigenvalue weighted by Gasteiger charge is 2.35. The van der Waals surface area contributed by atoms with Gasteiger partial charge >= 0.3 is 12.0 Å². The average molecular weight is 322 g/mol. The molecule has 120 valence electrons. The number of hydrogen-bond acceptors (Lipinski definition) is 4. The van der Waals surface area contributed by atoms with E-state index in [0.717, 1.165) is 4.90 Å². The number of amides is 2. The second-order valence-electron chi connectivity index (χ2n) is 5.77. The minimum atomic E-state index is -0.483. The molecule has 6 heteroatoms. The summed E-state index contributed by atoms with van der Waals surface area (Å²) in [5, 5.41) is 2.76. The second-order valence-corrected chi connectivity index (χ2v) is 6.94. The Kier molecular flexibility index (Phi) is 5.71. The van der Waals surface area contributed by atoms with Crippen molar-refractivity contribution in [1.82, 2.24) is 10.2 Å². The van der Waals surface area contributed by atoms with Crippen LogP contribution in [0.15, 0.2) is 35.2 Å². The molecule has 1 fully saturated rings. The molecular formula is C16H22N2O3S. The van der Waals surface area contributed by atoms with Crippen molar-refractivity contribution in [1.29, 1.82) is 0 Å². The first-order valence-electron chi connectivity index (χ1n) is 7.38. The number of hydrogen-bond donors (Lipinski definition) is 1. The first-order valence-corrected chi connectivity index (χ1v) is 8.36. The Labute approximate surface area is 135 Å². The van der Waals surface area contributed by atoms with Crippen LogP contribution in [0.4, 0.5) is 4.79 Å². The van der Waals surface area contributed by atoms with Crippen LogP contribution in [0.3, 0.4) is 0 Å². The molecule has 0 saturated carbocycles. The molecular weight excluding hydrogens is 300 g/mol. The van der Waals surface area contributed by atoms with Gasteiger partial charge in [-0.3, -0.25) is 4.79 Å². The van der Waals surface area contributed by atoms with E-state index in [1.165, 1.54) is 0 Å². The van der Waals surface area contributed by atoms with Crippen LogP contribution in [0, 0.1) is 0 Å². The van der Waals surface area contributed by atoms with Crippen molar-refractivity contribution in [3.8, 4) is 0 Å². The van der Waals surface area contributed by atoms with Crippen molar-refractivity contribution < 1.29 is 14.3 Å². The molecule has 1 heterocycles. The number of ether oxygens (including phenoxy) is 1. The summed E-state index contributed by atoms with van der Waals surface area (Å²) in [7, 11) is 0. The van der Waals surface area contributed by atoms with Gasteiger partial charge in [-0.05, 0) is 26.0 Å². The number of nitrogens with zero attached hydrogens (tertiary/aromatic N) is 1. The Morgan fingerprint density at radius 3 is 2.73 bits per heavy atom. The lowest BCUT2D eigenvalue weighted by molar-refractivity contribution is -0.146. The third kappa shape index (κ3) is 4.66. The normalized spacial score (nSPS) is 14.8. The van der Waals surface area contributed by atoms with E-state index in [4.69, 9.17) is 4.74 Å². The Morgan fingerprint density at radius 1 is 1.36 bits per heavy atom. The van der Waals surface area contributed by atoms with Crippen LogP contribution in [-0.2, 0) is 9.53 Å². The molecule has 5 nitrogen and oxygen atoms in total. The van der Waals surface area contributed by atoms with Crippen LogP contribution in [0.25, 0.3) is 0 Å². The van der Waals surface area contributed by atoms with Gasteiger partial charge in [0, 0.05) is 23.7 Å². The van der Waals surface area contributed by atoms with Crippen LogP contribution in [0.5, 0.6) is 0 Å². The standard InChI is InChI=1S/C16H22N2O3S/c1-16(2,18-10-9-17-15(18)20)12-21-14(19)8-11-22-13-6-4-3-5-7-13/h3-7H,8-12H2,1-2H3,(H,17,20). The Bertz CT molecular complexity index is 519. The molecule has 2 rings (SSSR count). The van der Waals surface area contributed by atoms with E-state index in [9.17, 15) is 9.59 Å². The van der Waals surface area contributed by atoms with Crippen LogP contribution >= 0.6 is 11.8 Å². The molecule has 1 aliphatic heterocycles. The summed E-state index contributed by atoms with van der Waals surface area (Å²) < 4.78 is 5.33. The van der Waals surface area contributed by atoms with Gasteiger partial charge in [0.2, 0.25) is 0 Å². The van der Waals surface area contributed by atoms with Crippen molar-refractivity contribution in [3.63, 3.8) is 0 Å². The SMILES string of the molecule is CC(C)(COC(=O)CCSc1ccccc1)N1CCNC1=O. The van der Waals surface area contributed by atoms with Crippen molar-refractivity contribution in [3.05, 3.63) is 30.3 Å². The molecule has 0 radical (unpaired) electrons. The number of carbonyl (C=O) groups is 2. The highest BCUT2D eigenvalue weighted by molar-refractivity contribution is 7.99. The van der Waals surface area contributed by atoms with Crippen molar-refractivity contribution in [2.24, 2.45) is 0 Å². The number of nitrogens with one attached hydrogen (secondary N) is 1. The maximum absolute atomic E-state index is 11.8. The van der Waals surface area contributed by atoms with Crippen molar-refractivity contribution in [2.75, 3.05) is 25.4 Å². The summed E-state index contributed by atoms with van der Waals surface area (Å²) in [4.78, 5) is 26.3. The zero-order valence-electron chi connectivity index (χ0n) is 13.0. The lowest BCUT2D eigenvalue weighted by atomic mass is 10.1. The molecule has 1 N–H and O–H groups in total. The molecule has 0 spiro atoms. The predicted octanol–water partition coefficient (Wildman–Crippen LogP) is 2.52. The summed E-state index contributed by atoms with van der Waals surface area (Å²) in [6, 6.07) is 9.86. The quantitative estimate of drug-likeness (QED) is 0.619. The fourth-order valence-electron chi connectivity index (χ4n) is 2.23. The smallest absolute Gasteiger partial charge is 0.318 e. The van der Waals surface area contributed by atoms with Gasteiger partial charge in [-0.2, -0.15) is 0 Å². The Balaban J connectivity index is 1.70. The summed E-state index contributed by atoms with van der Waals surface area (Å²) >= 11 is 1.63. The molecule has 1 aliphatic rings. The number of thioether (sulfide) groups is 1. The van der Waals surface area contributed by atoms with Crippen molar-refractivity contribution >= 4 is 23.8 Å². The van der Waals surface area contributed by atoms with E-state index in [1.807, 2.05) is 44.2 Å². The fraction of sp³-hybridized carbons (Fsp3) is 0.500. The minimum Gasteiger partial charge on any atom is -0.463 e. The number of urea groups is 1. The summed E-state index contributed by atoms with van der Waals surface area (Å²) in [6.45, 7) is 5.32. The molecule has 0 atom stereocenters. The van der Waals surface area contributed by atoms with Gasteiger partial charge in [-0.15, -0.1) is 11.8 Å². The molecule has 0 aromatic heterocycles. The molecule has 0 unspecified atom stereocenters. The van der Waals surface area contributed by atoms with E-state index in [0.29, 0.717) is 25.3 Å². The first-order chi connectivity index (χ1) is 10.5. The van der Waals surface area contributed by atoms with E-state index >= 15 is 0 Å². The summed E-state index contributed by atoms with van der Waals surface area (Å²) in [5.41, 5.74) is -0.483. The van der Waals surface area contributed by atoms with Gasteiger partial charge < -0.3 is 15.0 Å². The van der Waals surface area contributed by atoms with Gasteiger partial charge in [-0.1, -0.05) is 18.2 Å². The van der Waals surface area contributed by atoms with Gasteiger partial charge in [0.25, 0.3) is 0 Å². The molecule has 1 aromatic rings. The zero-order valence-corrected chi connectivity index (χ0v) is 13.8. The van der Waals surface area contributed by atoms with Gasteiger partial charge in [0.1, 0.15) is 6.61 Å². The molecule has 0 bridgehead atoms. The lowest BCUT2D eigenvalue weighted by Gasteiger charge is -2.33. The number of esters is 1. The van der Waals surface area contributed by atoms with Gasteiger partial charge in [0.05, 0.1) is 12.0 Å². The average Bonchev–Trinajstić information content (AvgIpc) is 2.93. The number of benzene rings is 1. The molecule has 1 aromatic carbocycles. The monoisotopic (exact) mass is 322 g/mol. The summed E-state index contributed by atoms with van der Waals surface area (Å²) in [6.07, 6.45) is 0.363. The third-order valence-corrected chi connectivity index (χ3v) is 4.51. The molecule has 22 heavy (non-hydrogen) atoms. The maximum atomic E-state index is 11.8. The minimum absolute atomic E-state index is 0.0966. The predicted molar refractivity (Wildman–Crippen MR) is 86.9 cm³/mol. The highest BCUT2D eigenvalue weighted by Crippen LogP contribution is 2.19. The van der Waals surface area contributed by atoms with E-state index in [1.54, 1.807) is 16.7 Å². The molecule has 0 aliphatic carbocycles. The van der Waals surface area contributed by atoms with Crippen molar-refractivity contribution in [2.45, 2.75) is 30.7 Å². The lowest BCUT2D eigenvalue weighted by Crippen LogP contribution is -2.49. The summed E-state index contributed by atoms with van der Waals surface area (Å²) in [5.74, 6) is 0.462. The van der Waals surface area contributed by atoms with Gasteiger partial charge in [0.15, 0.2) is 0 Å². The fourth-order valence-corrected chi connectivity index (χ4v) is 3.08. The first kappa shape index (κ1) is 16.7. The second kappa shape index (κ2) is 7.54. The Morgan fingerprint density at radius 2 is 2.09 bits per heavy atom. The topological polar surface area (TPSA) is 58.6 Å². The van der Waals surface area contributed by atoms with Gasteiger partial charge in [-0.25, -0.2) is 4.79 Å². The maximum Gasteiger partial charge on any atom is 0.318 e. The van der Waals surface area contributed by atoms with E-state index in [2.05, 4.69) is 5.32 Å². The van der Waals surface area contributed by atoms with E-state index < -0.39 is 5.54 Å². The molecule has 2 amide bonds. The van der Waals surface area contributed by atoms with E-state index in [-0.39, 0.29) is 18.6 Å². The molecule has 1 saturated heterocycles. The largest absolute Gasteiger partial charge is 0.463 e. The number of rotatable bonds is 7. The highest BCUT2D eigenvalue weighted by atomic mass is 32.2. The van der Waals surface area contributed by atoms with Crippen LogP contribution < -0.4 is 5.32 Å². The zero-order chi connectivity index (χ0) is 16.0. The number of carbonyl (C=O) groups excluding carboxylic acids is 2. The third-order valence-electron chi connectivity index (χ3n) is 3.49. The van der Waals surface area contributed by atoms with Crippen LogP contribution in [0.2, 0.25) is 0 Å².